The minimum absolute atomic E-state index is 0.0523. The Kier molecular flexibility index (Phi) is 3.66. The van der Waals surface area contributed by atoms with E-state index in [1.165, 1.54) is 24.3 Å². The summed E-state index contributed by atoms with van der Waals surface area (Å²) in [5.41, 5.74) is 0.472. The minimum Gasteiger partial charge on any atom is -0.269 e. The predicted octanol–water partition coefficient (Wildman–Crippen LogP) is 2.65. The van der Waals surface area contributed by atoms with E-state index in [1.807, 2.05) is 0 Å². The number of nitro groups is 1. The second-order valence-electron chi connectivity index (χ2n) is 3.78. The molecule has 2 amide bonds. The maximum Gasteiger partial charge on any atom is 0.293 e. The molecule has 1 aliphatic rings. The first-order valence-electron chi connectivity index (χ1n) is 5.52. The molecule has 98 valence electrons. The van der Waals surface area contributed by atoms with E-state index in [1.54, 1.807) is 13.0 Å². The monoisotopic (exact) mass is 278 g/mol. The van der Waals surface area contributed by atoms with E-state index in [9.17, 15) is 19.7 Å². The molecule has 1 heterocycles. The number of carbonyl (C=O) groups excluding carboxylic acids is 2. The first-order chi connectivity index (χ1) is 9.02. The third-order valence-electron chi connectivity index (χ3n) is 2.57. The van der Waals surface area contributed by atoms with Gasteiger partial charge in [0.15, 0.2) is 0 Å². The van der Waals surface area contributed by atoms with Gasteiger partial charge in [-0.15, -0.1) is 0 Å². The third kappa shape index (κ3) is 2.65. The molecule has 1 aromatic carbocycles. The van der Waals surface area contributed by atoms with E-state index < -0.39 is 4.92 Å². The van der Waals surface area contributed by atoms with Gasteiger partial charge < -0.3 is 0 Å². The van der Waals surface area contributed by atoms with Gasteiger partial charge in [0.1, 0.15) is 0 Å². The van der Waals surface area contributed by atoms with Crippen LogP contribution in [0.2, 0.25) is 0 Å². The maximum absolute atomic E-state index is 11.9. The number of likely N-dealkylation sites (N-methyl/N-ethyl adjacent to an activating group) is 1. The standard InChI is InChI=1S/C12H10N2O4S/c1-2-13-11(15)10(19-12(13)16)7-8-4-3-5-9(6-8)14(17)18/h3-7H,2H2,1H3. The Morgan fingerprint density at radius 1 is 1.42 bits per heavy atom. The largest absolute Gasteiger partial charge is 0.293 e. The smallest absolute Gasteiger partial charge is 0.269 e. The first-order valence-corrected chi connectivity index (χ1v) is 6.34. The highest BCUT2D eigenvalue weighted by Crippen LogP contribution is 2.32. The maximum atomic E-state index is 11.9. The number of hydrogen-bond acceptors (Lipinski definition) is 5. The summed E-state index contributed by atoms with van der Waals surface area (Å²) in [6.45, 7) is 2.03. The van der Waals surface area contributed by atoms with Gasteiger partial charge >= 0.3 is 0 Å². The Morgan fingerprint density at radius 2 is 2.16 bits per heavy atom. The van der Waals surface area contributed by atoms with Crippen LogP contribution in [-0.2, 0) is 4.79 Å². The zero-order valence-electron chi connectivity index (χ0n) is 10.0. The fraction of sp³-hybridized carbons (Fsp3) is 0.167. The summed E-state index contributed by atoms with van der Waals surface area (Å²) in [5, 5.41) is 10.3. The van der Waals surface area contributed by atoms with Crippen LogP contribution in [0.15, 0.2) is 29.2 Å². The summed E-state index contributed by atoms with van der Waals surface area (Å²) < 4.78 is 0. The van der Waals surface area contributed by atoms with Crippen LogP contribution in [0.5, 0.6) is 0 Å². The summed E-state index contributed by atoms with van der Waals surface area (Å²) in [7, 11) is 0. The van der Waals surface area contributed by atoms with Crippen LogP contribution >= 0.6 is 11.8 Å². The lowest BCUT2D eigenvalue weighted by Crippen LogP contribution is -2.27. The van der Waals surface area contributed by atoms with Crippen molar-refractivity contribution in [1.29, 1.82) is 0 Å². The molecule has 0 radical (unpaired) electrons. The minimum atomic E-state index is -0.505. The third-order valence-corrected chi connectivity index (χ3v) is 3.48. The second-order valence-corrected chi connectivity index (χ2v) is 4.77. The summed E-state index contributed by atoms with van der Waals surface area (Å²) >= 11 is 0.844. The zero-order valence-corrected chi connectivity index (χ0v) is 10.8. The molecular weight excluding hydrogens is 268 g/mol. The number of thioether (sulfide) groups is 1. The van der Waals surface area contributed by atoms with Gasteiger partial charge in [-0.05, 0) is 30.3 Å². The number of non-ortho nitro benzene ring substituents is 1. The number of nitro benzene ring substituents is 1. The topological polar surface area (TPSA) is 80.5 Å². The number of benzene rings is 1. The Labute approximate surface area is 113 Å². The first kappa shape index (κ1) is 13.3. The molecule has 0 unspecified atom stereocenters. The second kappa shape index (κ2) is 5.23. The highest BCUT2D eigenvalue weighted by atomic mass is 32.2. The van der Waals surface area contributed by atoms with Gasteiger partial charge in [-0.2, -0.15) is 0 Å². The number of imide groups is 1. The van der Waals surface area contributed by atoms with Crippen LogP contribution < -0.4 is 0 Å². The van der Waals surface area contributed by atoms with Crippen molar-refractivity contribution in [2.75, 3.05) is 6.54 Å². The lowest BCUT2D eigenvalue weighted by atomic mass is 10.2. The molecule has 0 bridgehead atoms. The van der Waals surface area contributed by atoms with Gasteiger partial charge in [-0.1, -0.05) is 12.1 Å². The summed E-state index contributed by atoms with van der Waals surface area (Å²) in [5.74, 6) is -0.357. The molecule has 7 heteroatoms. The van der Waals surface area contributed by atoms with Crippen LogP contribution in [0.1, 0.15) is 12.5 Å². The summed E-state index contributed by atoms with van der Waals surface area (Å²) in [4.78, 5) is 34.9. The van der Waals surface area contributed by atoms with E-state index in [0.717, 1.165) is 16.7 Å². The van der Waals surface area contributed by atoms with Gasteiger partial charge in [0, 0.05) is 18.7 Å². The summed E-state index contributed by atoms with van der Waals surface area (Å²) in [6.07, 6.45) is 1.49. The molecule has 1 aliphatic heterocycles. The predicted molar refractivity (Wildman–Crippen MR) is 71.4 cm³/mol. The average Bonchev–Trinajstić information content (AvgIpc) is 2.64. The van der Waals surface area contributed by atoms with Crippen LogP contribution in [0.4, 0.5) is 10.5 Å². The van der Waals surface area contributed by atoms with Crippen molar-refractivity contribution in [3.63, 3.8) is 0 Å². The highest BCUT2D eigenvalue weighted by Gasteiger charge is 2.33. The van der Waals surface area contributed by atoms with E-state index in [0.29, 0.717) is 12.1 Å². The van der Waals surface area contributed by atoms with Crippen LogP contribution in [0.3, 0.4) is 0 Å². The van der Waals surface area contributed by atoms with Crippen LogP contribution in [0.25, 0.3) is 6.08 Å². The molecule has 0 aliphatic carbocycles. The molecule has 0 spiro atoms. The Morgan fingerprint density at radius 3 is 2.74 bits per heavy atom. The lowest BCUT2D eigenvalue weighted by Gasteiger charge is -2.06. The summed E-state index contributed by atoms with van der Waals surface area (Å²) in [6, 6.07) is 5.91. The molecule has 1 aromatic rings. The number of rotatable bonds is 3. The SMILES string of the molecule is CCN1C(=O)SC(=Cc2cccc([N+](=O)[O-])c2)C1=O. The van der Waals surface area contributed by atoms with E-state index in [-0.39, 0.29) is 21.7 Å². The number of carbonyl (C=O) groups is 2. The van der Waals surface area contributed by atoms with Gasteiger partial charge in [-0.3, -0.25) is 24.6 Å². The van der Waals surface area contributed by atoms with E-state index in [2.05, 4.69) is 0 Å². The molecule has 0 atom stereocenters. The Hall–Kier alpha value is -2.15. The van der Waals surface area contributed by atoms with Crippen molar-refractivity contribution < 1.29 is 14.5 Å². The normalized spacial score (nSPS) is 17.3. The van der Waals surface area contributed by atoms with Crippen molar-refractivity contribution in [2.24, 2.45) is 0 Å². The molecule has 0 saturated carbocycles. The zero-order chi connectivity index (χ0) is 14.0. The van der Waals surface area contributed by atoms with Crippen LogP contribution in [-0.4, -0.2) is 27.5 Å². The molecule has 0 aromatic heterocycles. The van der Waals surface area contributed by atoms with Crippen molar-refractivity contribution in [3.8, 4) is 0 Å². The van der Waals surface area contributed by atoms with E-state index >= 15 is 0 Å². The van der Waals surface area contributed by atoms with Crippen LogP contribution in [0, 0.1) is 10.1 Å². The van der Waals surface area contributed by atoms with Crippen molar-refractivity contribution in [1.82, 2.24) is 4.90 Å². The molecule has 1 saturated heterocycles. The fourth-order valence-corrected chi connectivity index (χ4v) is 2.56. The van der Waals surface area contributed by atoms with Gasteiger partial charge in [0.2, 0.25) is 0 Å². The van der Waals surface area contributed by atoms with E-state index in [4.69, 9.17) is 0 Å². The van der Waals surface area contributed by atoms with Gasteiger partial charge in [0.05, 0.1) is 9.83 Å². The quantitative estimate of drug-likeness (QED) is 0.482. The molecule has 0 N–H and O–H groups in total. The molecule has 2 rings (SSSR count). The fourth-order valence-electron chi connectivity index (χ4n) is 1.65. The lowest BCUT2D eigenvalue weighted by molar-refractivity contribution is -0.384. The molecule has 19 heavy (non-hydrogen) atoms. The highest BCUT2D eigenvalue weighted by molar-refractivity contribution is 8.18. The number of nitrogens with zero attached hydrogens (tertiary/aromatic N) is 2. The number of amides is 2. The van der Waals surface area contributed by atoms with Crippen molar-refractivity contribution in [3.05, 3.63) is 44.8 Å². The number of hydrogen-bond donors (Lipinski definition) is 0. The Bertz CT molecular complexity index is 597. The van der Waals surface area contributed by atoms with Gasteiger partial charge in [0.25, 0.3) is 16.8 Å². The average molecular weight is 278 g/mol. The molecular formula is C12H10N2O4S. The molecule has 1 fully saturated rings. The Balaban J connectivity index is 2.32. The van der Waals surface area contributed by atoms with Crippen molar-refractivity contribution >= 4 is 34.7 Å². The van der Waals surface area contributed by atoms with Crippen molar-refractivity contribution in [2.45, 2.75) is 6.92 Å². The molecule has 6 nitrogen and oxygen atoms in total. The van der Waals surface area contributed by atoms with Gasteiger partial charge in [-0.25, -0.2) is 0 Å².